The minimum Gasteiger partial charge on any atom is -0.504 e. The lowest BCUT2D eigenvalue weighted by molar-refractivity contribution is 0.373. The number of hydrogen-bond acceptors (Lipinski definition) is 3. The molecule has 3 nitrogen and oxygen atoms in total. The quantitative estimate of drug-likeness (QED) is 0.407. The van der Waals surface area contributed by atoms with Gasteiger partial charge < -0.3 is 9.84 Å². The fourth-order valence-corrected chi connectivity index (χ4v) is 6.24. The maximum absolute atomic E-state index is 9.55. The number of rotatable bonds is 9. The molecule has 0 unspecified atom stereocenters. The molecule has 0 saturated carbocycles. The molecule has 0 fully saturated rings. The van der Waals surface area contributed by atoms with E-state index in [-0.39, 0.29) is 5.75 Å². The maximum atomic E-state index is 9.55. The summed E-state index contributed by atoms with van der Waals surface area (Å²) in [6.45, 7) is 7.94. The molecule has 21 heavy (non-hydrogen) atoms. The van der Waals surface area contributed by atoms with Crippen LogP contribution in [0.15, 0.2) is 23.2 Å². The summed E-state index contributed by atoms with van der Waals surface area (Å²) >= 11 is 0. The standard InChI is InChI=1S/C17H29NO2Si/c1-5-21(6-2,7-3)12-8-11-18-14-15-9-10-16(19)17(13-15)20-4/h9-10,13-14,19H,5-8,11-12H2,1-4H3. The van der Waals surface area contributed by atoms with Crippen molar-refractivity contribution in [1.82, 2.24) is 0 Å². The first-order valence-electron chi connectivity index (χ1n) is 7.97. The number of methoxy groups -OCH3 is 1. The Bertz CT molecular complexity index is 448. The first-order chi connectivity index (χ1) is 10.1. The second-order valence-corrected chi connectivity index (χ2v) is 11.3. The van der Waals surface area contributed by atoms with E-state index in [0.29, 0.717) is 5.75 Å². The zero-order chi connectivity index (χ0) is 15.7. The van der Waals surface area contributed by atoms with Crippen molar-refractivity contribution in [2.75, 3.05) is 13.7 Å². The Balaban J connectivity index is 2.48. The van der Waals surface area contributed by atoms with Gasteiger partial charge in [0.2, 0.25) is 0 Å². The van der Waals surface area contributed by atoms with Gasteiger partial charge in [0.15, 0.2) is 11.5 Å². The van der Waals surface area contributed by atoms with E-state index >= 15 is 0 Å². The third-order valence-corrected chi connectivity index (χ3v) is 10.6. The Labute approximate surface area is 130 Å². The predicted octanol–water partition coefficient (Wildman–Crippen LogP) is 4.72. The van der Waals surface area contributed by atoms with E-state index in [1.165, 1.54) is 30.6 Å². The average molecular weight is 308 g/mol. The molecule has 0 radical (unpaired) electrons. The van der Waals surface area contributed by atoms with Crippen molar-refractivity contribution in [1.29, 1.82) is 0 Å². The van der Waals surface area contributed by atoms with E-state index in [0.717, 1.165) is 12.1 Å². The molecule has 0 aliphatic heterocycles. The number of aliphatic imine (C=N–C) groups is 1. The van der Waals surface area contributed by atoms with Crippen LogP contribution < -0.4 is 4.74 Å². The summed E-state index contributed by atoms with van der Waals surface area (Å²) < 4.78 is 5.10. The van der Waals surface area contributed by atoms with Crippen molar-refractivity contribution in [2.45, 2.75) is 51.4 Å². The summed E-state index contributed by atoms with van der Waals surface area (Å²) in [6.07, 6.45) is 3.06. The number of phenols is 1. The number of aromatic hydroxyl groups is 1. The van der Waals surface area contributed by atoms with Crippen LogP contribution in [0.4, 0.5) is 0 Å². The minimum absolute atomic E-state index is 0.166. The van der Waals surface area contributed by atoms with Crippen molar-refractivity contribution in [3.05, 3.63) is 23.8 Å². The molecule has 0 saturated heterocycles. The van der Waals surface area contributed by atoms with Crippen molar-refractivity contribution in [3.8, 4) is 11.5 Å². The van der Waals surface area contributed by atoms with Crippen LogP contribution in [0.1, 0.15) is 32.8 Å². The average Bonchev–Trinajstić information content (AvgIpc) is 2.53. The lowest BCUT2D eigenvalue weighted by Gasteiger charge is -2.27. The molecule has 0 spiro atoms. The second-order valence-electron chi connectivity index (χ2n) is 5.63. The molecule has 0 aliphatic rings. The summed E-state index contributed by atoms with van der Waals surface area (Å²) in [5.41, 5.74) is 0.967. The number of hydrogen-bond donors (Lipinski definition) is 1. The molecule has 118 valence electrons. The first kappa shape index (κ1) is 17.8. The Hall–Kier alpha value is -1.29. The molecular formula is C17H29NO2Si. The summed E-state index contributed by atoms with van der Waals surface area (Å²) in [4.78, 5) is 4.51. The Morgan fingerprint density at radius 2 is 1.86 bits per heavy atom. The number of phenolic OH excluding ortho intramolecular Hbond substituents is 1. The lowest BCUT2D eigenvalue weighted by Crippen LogP contribution is -2.31. The highest BCUT2D eigenvalue weighted by atomic mass is 28.3. The van der Waals surface area contributed by atoms with E-state index in [1.54, 1.807) is 13.2 Å². The van der Waals surface area contributed by atoms with E-state index in [2.05, 4.69) is 25.8 Å². The topological polar surface area (TPSA) is 41.8 Å². The van der Waals surface area contributed by atoms with Crippen molar-refractivity contribution >= 4 is 14.3 Å². The fraction of sp³-hybridized carbons (Fsp3) is 0.588. The molecule has 4 heteroatoms. The number of nitrogens with zero attached hydrogens (tertiary/aromatic N) is 1. The van der Waals surface area contributed by atoms with Crippen LogP contribution in [0.25, 0.3) is 0 Å². The summed E-state index contributed by atoms with van der Waals surface area (Å²) in [7, 11) is 0.560. The lowest BCUT2D eigenvalue weighted by atomic mass is 10.2. The molecule has 0 atom stereocenters. The number of benzene rings is 1. The molecule has 0 heterocycles. The molecule has 1 N–H and O–H groups in total. The van der Waals surface area contributed by atoms with Crippen LogP contribution >= 0.6 is 0 Å². The van der Waals surface area contributed by atoms with Gasteiger partial charge in [-0.1, -0.05) is 44.9 Å². The van der Waals surface area contributed by atoms with Gasteiger partial charge in [0.05, 0.1) is 15.2 Å². The zero-order valence-electron chi connectivity index (χ0n) is 13.9. The Morgan fingerprint density at radius 1 is 1.19 bits per heavy atom. The van der Waals surface area contributed by atoms with Gasteiger partial charge in [0.1, 0.15) is 0 Å². The molecular weight excluding hydrogens is 278 g/mol. The van der Waals surface area contributed by atoms with Crippen molar-refractivity contribution < 1.29 is 9.84 Å². The third kappa shape index (κ3) is 5.19. The minimum atomic E-state index is -0.996. The van der Waals surface area contributed by atoms with Gasteiger partial charge in [0, 0.05) is 12.8 Å². The highest BCUT2D eigenvalue weighted by molar-refractivity contribution is 6.79. The predicted molar refractivity (Wildman–Crippen MR) is 93.7 cm³/mol. The van der Waals surface area contributed by atoms with Crippen LogP contribution in [-0.2, 0) is 0 Å². The Kier molecular flexibility index (Phi) is 7.51. The number of ether oxygens (including phenoxy) is 1. The van der Waals surface area contributed by atoms with Gasteiger partial charge in [-0.2, -0.15) is 0 Å². The summed E-state index contributed by atoms with van der Waals surface area (Å²) in [5, 5.41) is 9.55. The van der Waals surface area contributed by atoms with Gasteiger partial charge in [-0.3, -0.25) is 4.99 Å². The first-order valence-corrected chi connectivity index (χ1v) is 10.8. The van der Waals surface area contributed by atoms with E-state index in [1.807, 2.05) is 18.3 Å². The molecule has 0 amide bonds. The van der Waals surface area contributed by atoms with Gasteiger partial charge >= 0.3 is 0 Å². The van der Waals surface area contributed by atoms with Gasteiger partial charge in [0.25, 0.3) is 0 Å². The van der Waals surface area contributed by atoms with E-state index < -0.39 is 8.07 Å². The van der Waals surface area contributed by atoms with E-state index in [9.17, 15) is 5.11 Å². The highest BCUT2D eigenvalue weighted by Gasteiger charge is 2.25. The van der Waals surface area contributed by atoms with Crippen LogP contribution in [-0.4, -0.2) is 33.0 Å². The smallest absolute Gasteiger partial charge is 0.161 e. The SMILES string of the molecule is CC[Si](CC)(CC)CCCN=Cc1ccc(O)c(OC)c1. The molecule has 0 aliphatic carbocycles. The molecule has 0 aromatic heterocycles. The second kappa shape index (κ2) is 8.88. The van der Waals surface area contributed by atoms with Gasteiger partial charge in [-0.05, 0) is 30.2 Å². The fourth-order valence-electron chi connectivity index (χ4n) is 2.77. The van der Waals surface area contributed by atoms with Crippen LogP contribution in [0.5, 0.6) is 11.5 Å². The van der Waals surface area contributed by atoms with Gasteiger partial charge in [-0.25, -0.2) is 0 Å². The Morgan fingerprint density at radius 3 is 2.43 bits per heavy atom. The molecule has 1 aromatic rings. The normalized spacial score (nSPS) is 12.0. The van der Waals surface area contributed by atoms with E-state index in [4.69, 9.17) is 4.74 Å². The van der Waals surface area contributed by atoms with Crippen molar-refractivity contribution in [3.63, 3.8) is 0 Å². The monoisotopic (exact) mass is 307 g/mol. The summed E-state index contributed by atoms with van der Waals surface area (Å²) in [5.74, 6) is 0.660. The van der Waals surface area contributed by atoms with Gasteiger partial charge in [-0.15, -0.1) is 0 Å². The third-order valence-electron chi connectivity index (χ3n) is 4.69. The maximum Gasteiger partial charge on any atom is 0.161 e. The summed E-state index contributed by atoms with van der Waals surface area (Å²) in [6, 6.07) is 10.8. The highest BCUT2D eigenvalue weighted by Crippen LogP contribution is 2.27. The van der Waals surface area contributed by atoms with Crippen LogP contribution in [0.3, 0.4) is 0 Å². The van der Waals surface area contributed by atoms with Crippen LogP contribution in [0.2, 0.25) is 24.2 Å². The zero-order valence-corrected chi connectivity index (χ0v) is 14.9. The van der Waals surface area contributed by atoms with Crippen LogP contribution in [0, 0.1) is 0 Å². The largest absolute Gasteiger partial charge is 0.504 e. The molecule has 0 bridgehead atoms. The van der Waals surface area contributed by atoms with Crippen molar-refractivity contribution in [2.24, 2.45) is 4.99 Å². The molecule has 1 aromatic carbocycles. The molecule has 1 rings (SSSR count).